The maximum Gasteiger partial charge on any atom is 0.160 e. The van der Waals surface area contributed by atoms with Gasteiger partial charge in [-0.15, -0.1) is 0 Å². The van der Waals surface area contributed by atoms with E-state index in [2.05, 4.69) is 12.1 Å². The minimum Gasteiger partial charge on any atom is -0.493 e. The van der Waals surface area contributed by atoms with Crippen LogP contribution in [0.1, 0.15) is 17.0 Å². The fraction of sp³-hybridized carbons (Fsp3) is 0.316. The van der Waals surface area contributed by atoms with Gasteiger partial charge in [0.15, 0.2) is 11.5 Å². The Kier molecular flexibility index (Phi) is 5.48. The highest BCUT2D eigenvalue weighted by Crippen LogP contribution is 2.30. The van der Waals surface area contributed by atoms with E-state index in [0.717, 1.165) is 16.8 Å². The van der Waals surface area contributed by atoms with E-state index >= 15 is 0 Å². The fourth-order valence-corrected chi connectivity index (χ4v) is 2.50. The molecule has 2 rings (SSSR count). The predicted molar refractivity (Wildman–Crippen MR) is 92.4 cm³/mol. The third-order valence-electron chi connectivity index (χ3n) is 3.83. The summed E-state index contributed by atoms with van der Waals surface area (Å²) in [6.07, 6.45) is 0.633. The molecule has 0 aliphatic carbocycles. The Morgan fingerprint density at radius 2 is 1.78 bits per heavy atom. The van der Waals surface area contributed by atoms with E-state index < -0.39 is 0 Å². The molecule has 120 valence electrons. The van der Waals surface area contributed by atoms with Gasteiger partial charge < -0.3 is 14.4 Å². The van der Waals surface area contributed by atoms with Crippen LogP contribution in [0.15, 0.2) is 42.5 Å². The molecule has 1 unspecified atom stereocenters. The van der Waals surface area contributed by atoms with Crippen LogP contribution in [-0.2, 0) is 6.42 Å². The van der Waals surface area contributed by atoms with Crippen molar-refractivity contribution >= 4 is 5.69 Å². The standard InChI is InChI=1S/C19H22N2O2/c1-21(2)17-7-5-6-15(12-17)16(13-20)10-14-8-9-18(22-3)19(11-14)23-4/h5-9,11-12,16H,10H2,1-4H3. The molecule has 0 bridgehead atoms. The summed E-state index contributed by atoms with van der Waals surface area (Å²) in [5.74, 6) is 1.18. The third kappa shape index (κ3) is 3.95. The fourth-order valence-electron chi connectivity index (χ4n) is 2.50. The molecule has 1 atom stereocenters. The van der Waals surface area contributed by atoms with Gasteiger partial charge in [-0.2, -0.15) is 5.26 Å². The molecular weight excluding hydrogens is 288 g/mol. The maximum absolute atomic E-state index is 9.58. The lowest BCUT2D eigenvalue weighted by molar-refractivity contribution is 0.354. The lowest BCUT2D eigenvalue weighted by Gasteiger charge is -2.16. The van der Waals surface area contributed by atoms with E-state index in [1.165, 1.54) is 0 Å². The number of methoxy groups -OCH3 is 2. The highest BCUT2D eigenvalue weighted by Gasteiger charge is 2.14. The van der Waals surface area contributed by atoms with E-state index in [0.29, 0.717) is 17.9 Å². The summed E-state index contributed by atoms with van der Waals surface area (Å²) in [6, 6.07) is 16.3. The molecule has 0 saturated heterocycles. The van der Waals surface area contributed by atoms with Crippen LogP contribution >= 0.6 is 0 Å². The number of benzene rings is 2. The zero-order valence-electron chi connectivity index (χ0n) is 14.0. The van der Waals surface area contributed by atoms with E-state index in [1.807, 2.05) is 55.4 Å². The summed E-state index contributed by atoms with van der Waals surface area (Å²) in [5, 5.41) is 9.58. The molecule has 23 heavy (non-hydrogen) atoms. The van der Waals surface area contributed by atoms with E-state index in [-0.39, 0.29) is 5.92 Å². The number of hydrogen-bond donors (Lipinski definition) is 0. The highest BCUT2D eigenvalue weighted by atomic mass is 16.5. The van der Waals surface area contributed by atoms with Crippen molar-refractivity contribution in [1.82, 2.24) is 0 Å². The van der Waals surface area contributed by atoms with Gasteiger partial charge >= 0.3 is 0 Å². The lowest BCUT2D eigenvalue weighted by atomic mass is 9.92. The van der Waals surface area contributed by atoms with E-state index in [1.54, 1.807) is 14.2 Å². The Bertz CT molecular complexity index is 705. The van der Waals surface area contributed by atoms with Crippen LogP contribution < -0.4 is 14.4 Å². The van der Waals surface area contributed by atoms with Crippen LogP contribution in [0.25, 0.3) is 0 Å². The molecule has 2 aromatic rings. The number of hydrogen-bond acceptors (Lipinski definition) is 4. The minimum atomic E-state index is -0.201. The van der Waals surface area contributed by atoms with Gasteiger partial charge in [-0.25, -0.2) is 0 Å². The van der Waals surface area contributed by atoms with Gasteiger partial charge in [0.1, 0.15) is 0 Å². The van der Waals surface area contributed by atoms with Gasteiger partial charge in [-0.3, -0.25) is 0 Å². The number of anilines is 1. The Morgan fingerprint density at radius 3 is 2.39 bits per heavy atom. The van der Waals surface area contributed by atoms with Crippen molar-refractivity contribution in [2.24, 2.45) is 0 Å². The number of nitrogens with zero attached hydrogens (tertiary/aromatic N) is 2. The van der Waals surface area contributed by atoms with Gasteiger partial charge in [0, 0.05) is 19.8 Å². The molecule has 2 aromatic carbocycles. The van der Waals surface area contributed by atoms with E-state index in [4.69, 9.17) is 9.47 Å². The van der Waals surface area contributed by atoms with Crippen molar-refractivity contribution in [2.75, 3.05) is 33.2 Å². The summed E-state index contributed by atoms with van der Waals surface area (Å²) in [5.41, 5.74) is 3.16. The Balaban J connectivity index is 2.26. The molecule has 0 heterocycles. The monoisotopic (exact) mass is 310 g/mol. The summed E-state index contributed by atoms with van der Waals surface area (Å²) in [4.78, 5) is 2.04. The van der Waals surface area contributed by atoms with Crippen LogP contribution in [0.4, 0.5) is 5.69 Å². The van der Waals surface area contributed by atoms with Crippen molar-refractivity contribution in [3.63, 3.8) is 0 Å². The first-order chi connectivity index (χ1) is 11.1. The summed E-state index contributed by atoms with van der Waals surface area (Å²) in [7, 11) is 7.22. The van der Waals surface area contributed by atoms with Crippen LogP contribution in [0.3, 0.4) is 0 Å². The van der Waals surface area contributed by atoms with Crippen LogP contribution in [-0.4, -0.2) is 28.3 Å². The SMILES string of the molecule is COc1ccc(CC(C#N)c2cccc(N(C)C)c2)cc1OC. The second kappa shape index (κ2) is 7.55. The molecule has 0 aliphatic heterocycles. The van der Waals surface area contributed by atoms with Crippen molar-refractivity contribution in [3.8, 4) is 17.6 Å². The molecule has 0 spiro atoms. The molecule has 4 nitrogen and oxygen atoms in total. The third-order valence-corrected chi connectivity index (χ3v) is 3.83. The minimum absolute atomic E-state index is 0.201. The lowest BCUT2D eigenvalue weighted by Crippen LogP contribution is -2.09. The van der Waals surface area contributed by atoms with Crippen LogP contribution in [0, 0.1) is 11.3 Å². The molecule has 0 radical (unpaired) electrons. The average molecular weight is 310 g/mol. The Morgan fingerprint density at radius 1 is 1.04 bits per heavy atom. The molecule has 0 saturated carbocycles. The molecule has 0 amide bonds. The van der Waals surface area contributed by atoms with Crippen molar-refractivity contribution in [3.05, 3.63) is 53.6 Å². The normalized spacial score (nSPS) is 11.4. The topological polar surface area (TPSA) is 45.5 Å². The summed E-state index contributed by atoms with van der Waals surface area (Å²) >= 11 is 0. The van der Waals surface area contributed by atoms with Gasteiger partial charge in [-0.1, -0.05) is 18.2 Å². The first kappa shape index (κ1) is 16.7. The van der Waals surface area contributed by atoms with Gasteiger partial charge in [0.05, 0.1) is 26.2 Å². The Hall–Kier alpha value is -2.67. The number of nitriles is 1. The predicted octanol–water partition coefficient (Wildman–Crippen LogP) is 3.62. The van der Waals surface area contributed by atoms with Gasteiger partial charge in [0.25, 0.3) is 0 Å². The van der Waals surface area contributed by atoms with Crippen LogP contribution in [0.5, 0.6) is 11.5 Å². The largest absolute Gasteiger partial charge is 0.493 e. The molecule has 0 fully saturated rings. The zero-order chi connectivity index (χ0) is 16.8. The molecular formula is C19H22N2O2. The second-order valence-electron chi connectivity index (χ2n) is 5.56. The molecule has 0 N–H and O–H groups in total. The van der Waals surface area contributed by atoms with Gasteiger partial charge in [-0.05, 0) is 41.8 Å². The molecule has 0 aromatic heterocycles. The highest BCUT2D eigenvalue weighted by molar-refractivity contribution is 5.49. The summed E-state index contributed by atoms with van der Waals surface area (Å²) in [6.45, 7) is 0. The number of ether oxygens (including phenoxy) is 2. The van der Waals surface area contributed by atoms with Crippen LogP contribution in [0.2, 0.25) is 0 Å². The smallest absolute Gasteiger partial charge is 0.160 e. The number of rotatable bonds is 6. The zero-order valence-corrected chi connectivity index (χ0v) is 14.0. The summed E-state index contributed by atoms with van der Waals surface area (Å²) < 4.78 is 10.6. The molecule has 0 aliphatic rings. The van der Waals surface area contributed by atoms with E-state index in [9.17, 15) is 5.26 Å². The first-order valence-corrected chi connectivity index (χ1v) is 7.46. The van der Waals surface area contributed by atoms with Crippen molar-refractivity contribution in [1.29, 1.82) is 5.26 Å². The molecule has 4 heteroatoms. The van der Waals surface area contributed by atoms with Crippen molar-refractivity contribution < 1.29 is 9.47 Å². The Labute approximate surface area is 137 Å². The first-order valence-electron chi connectivity index (χ1n) is 7.46. The van der Waals surface area contributed by atoms with Crippen molar-refractivity contribution in [2.45, 2.75) is 12.3 Å². The maximum atomic E-state index is 9.58. The quantitative estimate of drug-likeness (QED) is 0.817. The average Bonchev–Trinajstić information content (AvgIpc) is 2.59. The van der Waals surface area contributed by atoms with Gasteiger partial charge in [0.2, 0.25) is 0 Å². The second-order valence-corrected chi connectivity index (χ2v) is 5.56.